The zero-order valence-electron chi connectivity index (χ0n) is 14.7. The normalized spacial score (nSPS) is 11.7. The van der Waals surface area contributed by atoms with Gasteiger partial charge in [-0.1, -0.05) is 12.1 Å². The molecule has 4 rings (SSSR count). The van der Waals surface area contributed by atoms with E-state index in [1.54, 1.807) is 0 Å². The van der Waals surface area contributed by atoms with Gasteiger partial charge in [0.15, 0.2) is 5.65 Å². The van der Waals surface area contributed by atoms with Gasteiger partial charge in [-0.15, -0.1) is 10.2 Å². The van der Waals surface area contributed by atoms with Crippen LogP contribution >= 0.6 is 0 Å². The van der Waals surface area contributed by atoms with Crippen LogP contribution in [-0.4, -0.2) is 23.0 Å². The second-order valence-corrected chi connectivity index (χ2v) is 8.09. The Morgan fingerprint density at radius 3 is 2.41 bits per heavy atom. The Morgan fingerprint density at radius 1 is 0.931 bits per heavy atom. The van der Waals surface area contributed by atoms with Gasteiger partial charge in [-0.3, -0.25) is 8.71 Å². The predicted octanol–water partition coefficient (Wildman–Crippen LogP) is 3.54. The van der Waals surface area contributed by atoms with Crippen molar-refractivity contribution in [2.24, 2.45) is 0 Å². The second kappa shape index (κ2) is 7.21. The van der Waals surface area contributed by atoms with Crippen molar-refractivity contribution in [3.05, 3.63) is 90.1 Å². The number of rotatable bonds is 5. The summed E-state index contributed by atoms with van der Waals surface area (Å²) in [5, 5.41) is 7.50. The average molecular weight is 418 g/mol. The quantitative estimate of drug-likeness (QED) is 0.497. The summed E-state index contributed by atoms with van der Waals surface area (Å²) >= 11 is 0. The van der Waals surface area contributed by atoms with Crippen LogP contribution in [0.3, 0.4) is 0 Å². The molecule has 0 aliphatic heterocycles. The first kappa shape index (κ1) is 18.9. The van der Waals surface area contributed by atoms with Crippen molar-refractivity contribution in [2.75, 3.05) is 4.31 Å². The monoisotopic (exact) mass is 418 g/mol. The molecule has 2 heterocycles. The van der Waals surface area contributed by atoms with Crippen LogP contribution in [0.15, 0.2) is 72.0 Å². The number of fused-ring (bicyclic) bond motifs is 1. The molecule has 0 atom stereocenters. The van der Waals surface area contributed by atoms with E-state index in [0.717, 1.165) is 22.5 Å². The topological polar surface area (TPSA) is 67.6 Å². The minimum atomic E-state index is -4.27. The number of pyridine rings is 1. The van der Waals surface area contributed by atoms with Crippen LogP contribution in [0.5, 0.6) is 0 Å². The molecule has 6 nitrogen and oxygen atoms in total. The molecular formula is C19H13F3N4O2S. The molecule has 10 heteroatoms. The minimum absolute atomic E-state index is 0.147. The predicted molar refractivity (Wildman–Crippen MR) is 99.1 cm³/mol. The molecule has 0 aliphatic rings. The van der Waals surface area contributed by atoms with Gasteiger partial charge in [-0.2, -0.15) is 0 Å². The maximum absolute atomic E-state index is 13.8. The van der Waals surface area contributed by atoms with E-state index in [0.29, 0.717) is 17.3 Å². The summed E-state index contributed by atoms with van der Waals surface area (Å²) in [5.41, 5.74) is 0.511. The molecule has 0 saturated heterocycles. The molecule has 2 aromatic carbocycles. The highest BCUT2D eigenvalue weighted by atomic mass is 32.2. The first-order valence-electron chi connectivity index (χ1n) is 8.35. The zero-order chi connectivity index (χ0) is 20.6. The lowest BCUT2D eigenvalue weighted by molar-refractivity contribution is 0.579. The first-order chi connectivity index (χ1) is 13.8. The van der Waals surface area contributed by atoms with Crippen molar-refractivity contribution in [3.63, 3.8) is 0 Å². The first-order valence-corrected chi connectivity index (χ1v) is 9.80. The van der Waals surface area contributed by atoms with E-state index in [2.05, 4.69) is 10.2 Å². The van der Waals surface area contributed by atoms with Gasteiger partial charge in [0.05, 0.1) is 12.2 Å². The molecule has 0 bridgehead atoms. The summed E-state index contributed by atoms with van der Waals surface area (Å²) in [6.07, 6.45) is 2.62. The Labute approximate surface area is 163 Å². The Kier molecular flexibility index (Phi) is 4.71. The number of hydrogen-bond acceptors (Lipinski definition) is 4. The molecule has 4 aromatic rings. The van der Waals surface area contributed by atoms with E-state index >= 15 is 0 Å². The van der Waals surface area contributed by atoms with E-state index in [1.165, 1.54) is 47.3 Å². The van der Waals surface area contributed by atoms with Crippen molar-refractivity contribution >= 4 is 21.4 Å². The SMILES string of the molecule is O=S(=O)(c1ccc2nncn2c1)N(Cc1cccc(F)c1)c1cc(F)cc(F)c1. The lowest BCUT2D eigenvalue weighted by Crippen LogP contribution is -2.31. The number of sulfonamides is 1. The fraction of sp³-hybridized carbons (Fsp3) is 0.0526. The Bertz CT molecular complexity index is 1290. The van der Waals surface area contributed by atoms with Crippen molar-refractivity contribution < 1.29 is 21.6 Å². The van der Waals surface area contributed by atoms with Crippen LogP contribution in [-0.2, 0) is 16.6 Å². The van der Waals surface area contributed by atoms with Gasteiger partial charge in [-0.05, 0) is 42.0 Å². The third kappa shape index (κ3) is 3.79. The molecule has 29 heavy (non-hydrogen) atoms. The number of halogens is 3. The van der Waals surface area contributed by atoms with Crippen LogP contribution in [0.2, 0.25) is 0 Å². The van der Waals surface area contributed by atoms with E-state index in [9.17, 15) is 21.6 Å². The Balaban J connectivity index is 1.85. The Hall–Kier alpha value is -3.40. The van der Waals surface area contributed by atoms with Crippen molar-refractivity contribution in [1.82, 2.24) is 14.6 Å². The fourth-order valence-electron chi connectivity index (χ4n) is 2.89. The molecular weight excluding hydrogens is 405 g/mol. The van der Waals surface area contributed by atoms with Gasteiger partial charge in [0, 0.05) is 12.3 Å². The average Bonchev–Trinajstić information content (AvgIpc) is 3.13. The summed E-state index contributed by atoms with van der Waals surface area (Å²) in [4.78, 5) is -0.147. The molecule has 0 unspecified atom stereocenters. The molecule has 0 aliphatic carbocycles. The third-order valence-corrected chi connectivity index (χ3v) is 5.96. The zero-order valence-corrected chi connectivity index (χ0v) is 15.5. The van der Waals surface area contributed by atoms with Crippen molar-refractivity contribution in [3.8, 4) is 0 Å². The lowest BCUT2D eigenvalue weighted by Gasteiger charge is -2.25. The largest absolute Gasteiger partial charge is 0.288 e. The lowest BCUT2D eigenvalue weighted by atomic mass is 10.2. The maximum atomic E-state index is 13.8. The van der Waals surface area contributed by atoms with Crippen LogP contribution in [0, 0.1) is 17.5 Å². The molecule has 2 aromatic heterocycles. The van der Waals surface area contributed by atoms with Crippen LogP contribution < -0.4 is 4.31 Å². The molecule has 0 amide bonds. The van der Waals surface area contributed by atoms with Crippen LogP contribution in [0.1, 0.15) is 5.56 Å². The molecule has 0 N–H and O–H groups in total. The summed E-state index contributed by atoms with van der Waals surface area (Å²) < 4.78 is 70.1. The van der Waals surface area contributed by atoms with Gasteiger partial charge in [-0.25, -0.2) is 21.6 Å². The van der Waals surface area contributed by atoms with Gasteiger partial charge in [0.1, 0.15) is 28.7 Å². The van der Waals surface area contributed by atoms with E-state index in [1.807, 2.05) is 0 Å². The molecule has 0 fully saturated rings. The van der Waals surface area contributed by atoms with Crippen molar-refractivity contribution in [2.45, 2.75) is 11.4 Å². The van der Waals surface area contributed by atoms with Gasteiger partial charge in [0.25, 0.3) is 10.0 Å². The smallest absolute Gasteiger partial charge is 0.266 e. The summed E-state index contributed by atoms with van der Waals surface area (Å²) in [6.45, 7) is -0.330. The number of nitrogens with zero attached hydrogens (tertiary/aromatic N) is 4. The number of benzene rings is 2. The highest BCUT2D eigenvalue weighted by Crippen LogP contribution is 2.28. The maximum Gasteiger partial charge on any atom is 0.266 e. The second-order valence-electron chi connectivity index (χ2n) is 6.23. The summed E-state index contributed by atoms with van der Waals surface area (Å²) in [6, 6.07) is 10.5. The van der Waals surface area contributed by atoms with Crippen LogP contribution in [0.25, 0.3) is 5.65 Å². The summed E-state index contributed by atoms with van der Waals surface area (Å²) in [5.74, 6) is -2.43. The fourth-order valence-corrected chi connectivity index (χ4v) is 4.33. The molecule has 0 radical (unpaired) electrons. The third-order valence-electron chi connectivity index (χ3n) is 4.20. The van der Waals surface area contributed by atoms with Gasteiger partial charge >= 0.3 is 0 Å². The van der Waals surface area contributed by atoms with E-state index in [4.69, 9.17) is 0 Å². The molecule has 148 valence electrons. The van der Waals surface area contributed by atoms with Gasteiger partial charge < -0.3 is 0 Å². The van der Waals surface area contributed by atoms with Gasteiger partial charge in [0.2, 0.25) is 0 Å². The molecule has 0 spiro atoms. The highest BCUT2D eigenvalue weighted by Gasteiger charge is 2.27. The minimum Gasteiger partial charge on any atom is -0.288 e. The number of hydrogen-bond donors (Lipinski definition) is 0. The Morgan fingerprint density at radius 2 is 1.69 bits per heavy atom. The van der Waals surface area contributed by atoms with Crippen LogP contribution in [0.4, 0.5) is 18.9 Å². The van der Waals surface area contributed by atoms with Crippen molar-refractivity contribution in [1.29, 1.82) is 0 Å². The van der Waals surface area contributed by atoms with E-state index < -0.39 is 27.5 Å². The van der Waals surface area contributed by atoms with E-state index in [-0.39, 0.29) is 17.1 Å². The standard InChI is InChI=1S/C19H13F3N4O2S/c20-14-3-1-2-13(6-14)10-26(17-8-15(21)7-16(22)9-17)29(27,28)18-4-5-19-24-23-12-25(19)11-18/h1-9,11-12H,10H2. The summed E-state index contributed by atoms with van der Waals surface area (Å²) in [7, 11) is -4.27. The number of anilines is 1. The molecule has 0 saturated carbocycles. The highest BCUT2D eigenvalue weighted by molar-refractivity contribution is 7.92. The number of aromatic nitrogens is 3.